The van der Waals surface area contributed by atoms with Crippen molar-refractivity contribution in [2.75, 3.05) is 32.7 Å². The highest BCUT2D eigenvalue weighted by Gasteiger charge is 2.36. The summed E-state index contributed by atoms with van der Waals surface area (Å²) in [5.74, 6) is 5.79. The van der Waals surface area contributed by atoms with Crippen molar-refractivity contribution in [3.63, 3.8) is 0 Å². The van der Waals surface area contributed by atoms with Gasteiger partial charge in [-0.2, -0.15) is 0 Å². The predicted molar refractivity (Wildman–Crippen MR) is 78.6 cm³/mol. The first kappa shape index (κ1) is 13.5. The van der Waals surface area contributed by atoms with Crippen LogP contribution in [-0.2, 0) is 6.42 Å². The van der Waals surface area contributed by atoms with Gasteiger partial charge in [-0.3, -0.25) is 26.1 Å². The molecule has 0 saturated carbocycles. The average molecular weight is 326 g/mol. The molecule has 3 fully saturated rings. The standard InChI is InChI=1S/C13H20BrN5/c14-11-5-10(7-16-8-11)6-12(17-15)13-9-18-1-3-19(13)4-2-18/h5,7-8,12-13,17H,1-4,6,9,15H2. The van der Waals surface area contributed by atoms with Crippen molar-refractivity contribution < 1.29 is 0 Å². The Balaban J connectivity index is 1.70. The molecule has 3 N–H and O–H groups in total. The van der Waals surface area contributed by atoms with E-state index in [4.69, 9.17) is 5.84 Å². The van der Waals surface area contributed by atoms with Crippen molar-refractivity contribution in [3.8, 4) is 0 Å². The molecular weight excluding hydrogens is 306 g/mol. The van der Waals surface area contributed by atoms with Crippen LogP contribution in [0.2, 0.25) is 0 Å². The largest absolute Gasteiger partial charge is 0.299 e. The Morgan fingerprint density at radius 3 is 2.74 bits per heavy atom. The monoisotopic (exact) mass is 325 g/mol. The first-order valence-electron chi connectivity index (χ1n) is 6.78. The Kier molecular flexibility index (Phi) is 4.14. The van der Waals surface area contributed by atoms with Gasteiger partial charge in [0.05, 0.1) is 0 Å². The molecule has 104 valence electrons. The Morgan fingerprint density at radius 2 is 2.16 bits per heavy atom. The topological polar surface area (TPSA) is 57.4 Å². The van der Waals surface area contributed by atoms with Gasteiger partial charge in [-0.1, -0.05) is 0 Å². The van der Waals surface area contributed by atoms with Crippen LogP contribution in [0.25, 0.3) is 0 Å². The smallest absolute Gasteiger partial charge is 0.0419 e. The normalized spacial score (nSPS) is 31.4. The molecule has 2 bridgehead atoms. The summed E-state index contributed by atoms with van der Waals surface area (Å²) in [7, 11) is 0. The van der Waals surface area contributed by atoms with E-state index in [0.29, 0.717) is 6.04 Å². The fourth-order valence-corrected chi connectivity index (χ4v) is 3.58. The number of aromatic nitrogens is 1. The van der Waals surface area contributed by atoms with Gasteiger partial charge in [-0.15, -0.1) is 0 Å². The molecule has 4 rings (SSSR count). The van der Waals surface area contributed by atoms with E-state index in [-0.39, 0.29) is 6.04 Å². The molecule has 2 atom stereocenters. The zero-order valence-electron chi connectivity index (χ0n) is 10.9. The molecule has 0 amide bonds. The number of nitrogens with one attached hydrogen (secondary N) is 1. The summed E-state index contributed by atoms with van der Waals surface area (Å²) in [6.45, 7) is 5.86. The third-order valence-electron chi connectivity index (χ3n) is 4.22. The van der Waals surface area contributed by atoms with Crippen LogP contribution < -0.4 is 11.3 Å². The van der Waals surface area contributed by atoms with Gasteiger partial charge in [0.15, 0.2) is 0 Å². The lowest BCUT2D eigenvalue weighted by Crippen LogP contribution is -2.67. The zero-order valence-corrected chi connectivity index (χ0v) is 12.5. The Hall–Kier alpha value is -0.530. The van der Waals surface area contributed by atoms with Crippen LogP contribution in [0, 0.1) is 0 Å². The molecule has 0 aliphatic carbocycles. The molecule has 3 aliphatic rings. The fourth-order valence-electron chi connectivity index (χ4n) is 3.17. The van der Waals surface area contributed by atoms with E-state index >= 15 is 0 Å². The van der Waals surface area contributed by atoms with Gasteiger partial charge in [-0.05, 0) is 34.0 Å². The van der Waals surface area contributed by atoms with E-state index < -0.39 is 0 Å². The van der Waals surface area contributed by atoms with Gasteiger partial charge in [-0.25, -0.2) is 0 Å². The summed E-state index contributed by atoms with van der Waals surface area (Å²) in [5, 5.41) is 0. The minimum Gasteiger partial charge on any atom is -0.299 e. The molecule has 1 aromatic rings. The number of piperazine rings is 3. The van der Waals surface area contributed by atoms with Gasteiger partial charge in [0, 0.05) is 61.7 Å². The number of nitrogens with zero attached hydrogens (tertiary/aromatic N) is 3. The van der Waals surface area contributed by atoms with Crippen molar-refractivity contribution in [2.24, 2.45) is 5.84 Å². The second-order valence-electron chi connectivity index (χ2n) is 5.39. The molecule has 3 saturated heterocycles. The summed E-state index contributed by atoms with van der Waals surface area (Å²) < 4.78 is 1.02. The Labute approximate surface area is 122 Å². The quantitative estimate of drug-likeness (QED) is 0.612. The molecule has 0 aromatic carbocycles. The summed E-state index contributed by atoms with van der Waals surface area (Å²) in [6.07, 6.45) is 4.65. The second-order valence-corrected chi connectivity index (χ2v) is 6.31. The summed E-state index contributed by atoms with van der Waals surface area (Å²) in [6, 6.07) is 2.90. The van der Waals surface area contributed by atoms with Crippen molar-refractivity contribution >= 4 is 15.9 Å². The van der Waals surface area contributed by atoms with Gasteiger partial charge >= 0.3 is 0 Å². The summed E-state index contributed by atoms with van der Waals surface area (Å²) in [4.78, 5) is 9.33. The summed E-state index contributed by atoms with van der Waals surface area (Å²) in [5.41, 5.74) is 4.23. The Bertz CT molecular complexity index is 433. The minimum absolute atomic E-state index is 0.277. The van der Waals surface area contributed by atoms with Crippen LogP contribution >= 0.6 is 15.9 Å². The summed E-state index contributed by atoms with van der Waals surface area (Å²) >= 11 is 3.47. The van der Waals surface area contributed by atoms with Gasteiger partial charge in [0.25, 0.3) is 0 Å². The van der Waals surface area contributed by atoms with Crippen LogP contribution in [0.3, 0.4) is 0 Å². The van der Waals surface area contributed by atoms with Crippen LogP contribution in [0.15, 0.2) is 22.9 Å². The first-order chi connectivity index (χ1) is 9.26. The van der Waals surface area contributed by atoms with E-state index in [9.17, 15) is 0 Å². The number of nitrogens with two attached hydrogens (primary N) is 1. The highest BCUT2D eigenvalue weighted by molar-refractivity contribution is 9.10. The first-order valence-corrected chi connectivity index (χ1v) is 7.57. The van der Waals surface area contributed by atoms with Crippen molar-refractivity contribution in [3.05, 3.63) is 28.5 Å². The number of pyridine rings is 1. The molecule has 3 aliphatic heterocycles. The molecule has 19 heavy (non-hydrogen) atoms. The zero-order chi connectivity index (χ0) is 13.2. The van der Waals surface area contributed by atoms with E-state index in [1.807, 2.05) is 12.4 Å². The maximum absolute atomic E-state index is 5.79. The lowest BCUT2D eigenvalue weighted by atomic mass is 9.95. The number of hydrogen-bond acceptors (Lipinski definition) is 5. The Morgan fingerprint density at radius 1 is 1.37 bits per heavy atom. The number of hydrazine groups is 1. The number of hydrogen-bond donors (Lipinski definition) is 2. The molecule has 0 spiro atoms. The third kappa shape index (κ3) is 2.98. The lowest BCUT2D eigenvalue weighted by molar-refractivity contribution is -0.00315. The highest BCUT2D eigenvalue weighted by atomic mass is 79.9. The molecule has 6 heteroatoms. The third-order valence-corrected chi connectivity index (χ3v) is 4.65. The SMILES string of the molecule is NNC(Cc1cncc(Br)c1)C1CN2CCN1CC2. The van der Waals surface area contributed by atoms with Crippen molar-refractivity contribution in [1.82, 2.24) is 20.2 Å². The van der Waals surface area contributed by atoms with Crippen LogP contribution in [-0.4, -0.2) is 59.6 Å². The molecular formula is C13H20BrN5. The van der Waals surface area contributed by atoms with Crippen molar-refractivity contribution in [2.45, 2.75) is 18.5 Å². The maximum atomic E-state index is 5.79. The maximum Gasteiger partial charge on any atom is 0.0419 e. The fraction of sp³-hybridized carbons (Fsp3) is 0.615. The van der Waals surface area contributed by atoms with E-state index in [1.54, 1.807) is 0 Å². The van der Waals surface area contributed by atoms with Crippen LogP contribution in [0.1, 0.15) is 5.56 Å². The van der Waals surface area contributed by atoms with E-state index in [2.05, 4.69) is 42.2 Å². The van der Waals surface area contributed by atoms with E-state index in [0.717, 1.165) is 17.4 Å². The second kappa shape index (κ2) is 5.85. The molecule has 2 unspecified atom stereocenters. The average Bonchev–Trinajstić information content (AvgIpc) is 2.46. The molecule has 0 radical (unpaired) electrons. The number of halogens is 1. The van der Waals surface area contributed by atoms with Crippen LogP contribution in [0.5, 0.6) is 0 Å². The molecule has 5 nitrogen and oxygen atoms in total. The number of rotatable bonds is 4. The number of fused-ring (bicyclic) bond motifs is 3. The highest BCUT2D eigenvalue weighted by Crippen LogP contribution is 2.20. The van der Waals surface area contributed by atoms with Crippen molar-refractivity contribution in [1.29, 1.82) is 0 Å². The molecule has 1 aromatic heterocycles. The van der Waals surface area contributed by atoms with Crippen LogP contribution in [0.4, 0.5) is 0 Å². The van der Waals surface area contributed by atoms with Gasteiger partial charge in [0.1, 0.15) is 0 Å². The lowest BCUT2D eigenvalue weighted by Gasteiger charge is -2.50. The van der Waals surface area contributed by atoms with Gasteiger partial charge in [0.2, 0.25) is 0 Å². The van der Waals surface area contributed by atoms with Gasteiger partial charge < -0.3 is 0 Å². The van der Waals surface area contributed by atoms with E-state index in [1.165, 1.54) is 31.7 Å². The molecule has 4 heterocycles. The minimum atomic E-state index is 0.277. The predicted octanol–water partition coefficient (Wildman–Crippen LogP) is 0.218.